The monoisotopic (exact) mass is 469 g/mol. The van der Waals surface area contributed by atoms with Crippen molar-refractivity contribution in [1.82, 2.24) is 5.32 Å². The third-order valence-corrected chi connectivity index (χ3v) is 5.68. The Bertz CT molecular complexity index is 1240. The molecule has 0 saturated carbocycles. The van der Waals surface area contributed by atoms with Crippen LogP contribution >= 0.6 is 0 Å². The summed E-state index contributed by atoms with van der Waals surface area (Å²) in [6.07, 6.45) is -2.04. The minimum atomic E-state index is -1.26. The molecule has 4 rings (SSSR count). The van der Waals surface area contributed by atoms with Crippen LogP contribution in [-0.2, 0) is 20.9 Å². The van der Waals surface area contributed by atoms with Gasteiger partial charge in [-0.1, -0.05) is 92.7 Å². The van der Waals surface area contributed by atoms with Crippen LogP contribution in [0.2, 0.25) is 0 Å². The molecule has 1 aliphatic rings. The molecule has 0 aromatic heterocycles. The first-order chi connectivity index (χ1) is 16.9. The summed E-state index contributed by atoms with van der Waals surface area (Å²) >= 11 is 0. The van der Waals surface area contributed by atoms with Crippen LogP contribution < -0.4 is 10.2 Å². The highest BCUT2D eigenvalue weighted by molar-refractivity contribution is 6.20. The van der Waals surface area contributed by atoms with Crippen LogP contribution in [0.15, 0.2) is 89.9 Å². The summed E-state index contributed by atoms with van der Waals surface area (Å²) in [4.78, 5) is 45.0. The van der Waals surface area contributed by atoms with Crippen molar-refractivity contribution < 1.29 is 19.1 Å². The van der Waals surface area contributed by atoms with Crippen LogP contribution in [0.25, 0.3) is 0 Å². The fraction of sp³-hybridized carbons (Fsp3) is 0.214. The molecule has 1 atom stereocenters. The highest BCUT2D eigenvalue weighted by Gasteiger charge is 2.34. The Balaban J connectivity index is 1.69. The predicted octanol–water partition coefficient (Wildman–Crippen LogP) is 4.35. The Labute approximate surface area is 204 Å². The van der Waals surface area contributed by atoms with Crippen LogP contribution in [0, 0.1) is 5.92 Å². The molecule has 1 aliphatic heterocycles. The van der Waals surface area contributed by atoms with Crippen LogP contribution in [-0.4, -0.2) is 36.2 Å². The fourth-order valence-corrected chi connectivity index (χ4v) is 3.73. The number of ketones is 1. The topological polar surface area (TPSA) is 88.1 Å². The van der Waals surface area contributed by atoms with Crippen molar-refractivity contribution in [3.63, 3.8) is 0 Å². The molecule has 0 aliphatic carbocycles. The van der Waals surface area contributed by atoms with Gasteiger partial charge in [-0.25, -0.2) is 9.79 Å². The van der Waals surface area contributed by atoms with Crippen molar-refractivity contribution >= 4 is 29.2 Å². The molecule has 1 N–H and O–H groups in total. The van der Waals surface area contributed by atoms with Crippen molar-refractivity contribution in [2.24, 2.45) is 10.9 Å². The quantitative estimate of drug-likeness (QED) is 0.557. The summed E-state index contributed by atoms with van der Waals surface area (Å²) in [5.74, 6) is -0.856. The van der Waals surface area contributed by atoms with Gasteiger partial charge >= 0.3 is 6.09 Å². The van der Waals surface area contributed by atoms with Crippen molar-refractivity contribution in [2.75, 3.05) is 11.4 Å². The molecule has 0 unspecified atom stereocenters. The highest BCUT2D eigenvalue weighted by Crippen LogP contribution is 2.28. The largest absolute Gasteiger partial charge is 0.445 e. The van der Waals surface area contributed by atoms with E-state index in [1.807, 2.05) is 78.9 Å². The zero-order chi connectivity index (χ0) is 24.8. The Morgan fingerprint density at radius 2 is 1.57 bits per heavy atom. The second kappa shape index (κ2) is 10.8. The maximum atomic E-state index is 13.6. The van der Waals surface area contributed by atoms with Gasteiger partial charge in [0.05, 0.1) is 17.9 Å². The summed E-state index contributed by atoms with van der Waals surface area (Å²) in [5.41, 5.74) is 3.41. The molecule has 0 fully saturated rings. The standard InChI is InChI=1S/C28H27N3O4/c1-19(2)24(32)17-31-23-16-10-9-15-22(23)25(21-13-7-4-8-14-21)29-26(27(31)33)30-28(34)35-18-20-11-5-3-6-12-20/h3-16,19,26H,17-18H2,1-2H3,(H,30,34)/t26-/m1/s1. The number of alkyl carbamates (subject to hydrolysis) is 1. The van der Waals surface area contributed by atoms with Crippen LogP contribution in [0.1, 0.15) is 30.5 Å². The van der Waals surface area contributed by atoms with Gasteiger partial charge in [-0.3, -0.25) is 14.9 Å². The number of nitrogens with one attached hydrogen (secondary N) is 1. The molecule has 0 bridgehead atoms. The van der Waals surface area contributed by atoms with Gasteiger partial charge in [0.2, 0.25) is 6.17 Å². The first-order valence-corrected chi connectivity index (χ1v) is 11.5. The molecule has 0 radical (unpaired) electrons. The summed E-state index contributed by atoms with van der Waals surface area (Å²) in [5, 5.41) is 2.59. The van der Waals surface area contributed by atoms with E-state index < -0.39 is 18.2 Å². The maximum absolute atomic E-state index is 13.6. The number of nitrogens with zero attached hydrogens (tertiary/aromatic N) is 2. The summed E-state index contributed by atoms with van der Waals surface area (Å²) in [7, 11) is 0. The molecule has 1 heterocycles. The fourth-order valence-electron chi connectivity index (χ4n) is 3.73. The number of hydrogen-bond donors (Lipinski definition) is 1. The number of hydrogen-bond acceptors (Lipinski definition) is 5. The number of amides is 2. The third-order valence-electron chi connectivity index (χ3n) is 5.68. The van der Waals surface area contributed by atoms with E-state index in [-0.39, 0.29) is 24.9 Å². The van der Waals surface area contributed by atoms with E-state index >= 15 is 0 Å². The highest BCUT2D eigenvalue weighted by atomic mass is 16.5. The van der Waals surface area contributed by atoms with Crippen molar-refractivity contribution in [3.8, 4) is 0 Å². The Morgan fingerprint density at radius 3 is 2.26 bits per heavy atom. The normalized spacial score (nSPS) is 15.2. The van der Waals surface area contributed by atoms with E-state index in [2.05, 4.69) is 10.3 Å². The van der Waals surface area contributed by atoms with Gasteiger partial charge < -0.3 is 9.64 Å². The molecular weight excluding hydrogens is 442 g/mol. The Kier molecular flexibility index (Phi) is 7.35. The number of para-hydroxylation sites is 1. The zero-order valence-corrected chi connectivity index (χ0v) is 19.7. The lowest BCUT2D eigenvalue weighted by atomic mass is 10.00. The third kappa shape index (κ3) is 5.63. The molecule has 3 aromatic rings. The van der Waals surface area contributed by atoms with Crippen LogP contribution in [0.3, 0.4) is 0 Å². The van der Waals surface area contributed by atoms with Gasteiger partial charge in [-0.15, -0.1) is 0 Å². The van der Waals surface area contributed by atoms with E-state index in [9.17, 15) is 14.4 Å². The number of anilines is 1. The second-order valence-corrected chi connectivity index (χ2v) is 8.51. The first-order valence-electron chi connectivity index (χ1n) is 11.5. The average molecular weight is 470 g/mol. The predicted molar refractivity (Wildman–Crippen MR) is 134 cm³/mol. The smallest absolute Gasteiger partial charge is 0.409 e. The summed E-state index contributed by atoms with van der Waals surface area (Å²) < 4.78 is 5.34. The minimum absolute atomic E-state index is 0.0542. The van der Waals surface area contributed by atoms with Gasteiger partial charge in [0.1, 0.15) is 6.61 Å². The molecule has 0 spiro atoms. The number of carbonyl (C=O) groups is 3. The van der Waals surface area contributed by atoms with Crippen molar-refractivity contribution in [3.05, 3.63) is 102 Å². The SMILES string of the molecule is CC(C)C(=O)CN1C(=O)[C@@H](NC(=O)OCc2ccccc2)N=C(c2ccccc2)c2ccccc21. The number of rotatable bonds is 7. The van der Waals surface area contributed by atoms with E-state index in [0.717, 1.165) is 11.1 Å². The Morgan fingerprint density at radius 1 is 0.943 bits per heavy atom. The van der Waals surface area contributed by atoms with Gasteiger partial charge in [0, 0.05) is 17.0 Å². The molecule has 35 heavy (non-hydrogen) atoms. The Hall–Kier alpha value is -4.26. The van der Waals surface area contributed by atoms with Crippen LogP contribution in [0.5, 0.6) is 0 Å². The second-order valence-electron chi connectivity index (χ2n) is 8.51. The molecule has 7 nitrogen and oxygen atoms in total. The van der Waals surface area contributed by atoms with Gasteiger partial charge in [-0.2, -0.15) is 0 Å². The minimum Gasteiger partial charge on any atom is -0.445 e. The van der Waals surface area contributed by atoms with Crippen LogP contribution in [0.4, 0.5) is 10.5 Å². The number of ether oxygens (including phenoxy) is 1. The van der Waals surface area contributed by atoms with Crippen molar-refractivity contribution in [1.29, 1.82) is 0 Å². The number of fused-ring (bicyclic) bond motifs is 1. The van der Waals surface area contributed by atoms with Gasteiger partial charge in [0.15, 0.2) is 5.78 Å². The van der Waals surface area contributed by atoms with Crippen molar-refractivity contribution in [2.45, 2.75) is 26.6 Å². The molecular formula is C28H27N3O4. The van der Waals surface area contributed by atoms with E-state index in [4.69, 9.17) is 4.74 Å². The lowest BCUT2D eigenvalue weighted by Crippen LogP contribution is -2.49. The van der Waals surface area contributed by atoms with Gasteiger partial charge in [0.25, 0.3) is 5.91 Å². The zero-order valence-electron chi connectivity index (χ0n) is 19.7. The molecule has 7 heteroatoms. The number of benzene rings is 3. The molecule has 2 amide bonds. The molecule has 178 valence electrons. The van der Waals surface area contributed by atoms with E-state index in [0.29, 0.717) is 17.0 Å². The average Bonchev–Trinajstić information content (AvgIpc) is 2.99. The molecule has 3 aromatic carbocycles. The lowest BCUT2D eigenvalue weighted by molar-refractivity contribution is -0.125. The lowest BCUT2D eigenvalue weighted by Gasteiger charge is -2.25. The van der Waals surface area contributed by atoms with Gasteiger partial charge in [-0.05, 0) is 11.6 Å². The number of aliphatic imine (C=N–C) groups is 1. The molecule has 0 saturated heterocycles. The summed E-state index contributed by atoms with van der Waals surface area (Å²) in [6.45, 7) is 3.51. The number of benzodiazepines with no additional fused rings is 1. The maximum Gasteiger partial charge on any atom is 0.409 e. The number of carbonyl (C=O) groups excluding carboxylic acids is 3. The number of Topliss-reactive ketones (excluding diaryl/α,β-unsaturated/α-hetero) is 1. The summed E-state index contributed by atoms with van der Waals surface area (Å²) in [6, 6.07) is 26.0. The first kappa shape index (κ1) is 23.9. The van der Waals surface area contributed by atoms with E-state index in [1.165, 1.54) is 4.90 Å². The van der Waals surface area contributed by atoms with E-state index in [1.54, 1.807) is 19.9 Å².